The lowest BCUT2D eigenvalue weighted by Crippen LogP contribution is -2.26. The van der Waals surface area contributed by atoms with Crippen LogP contribution in [0.4, 0.5) is 0 Å². The summed E-state index contributed by atoms with van der Waals surface area (Å²) in [4.78, 5) is 0. The van der Waals surface area contributed by atoms with Gasteiger partial charge < -0.3 is 5.32 Å². The molecule has 1 aromatic heterocycles. The Morgan fingerprint density at radius 1 is 1.37 bits per heavy atom. The minimum atomic E-state index is 0.394. The molecule has 0 saturated heterocycles. The molecule has 1 unspecified atom stereocenters. The molecule has 0 aliphatic carbocycles. The number of para-hydroxylation sites is 1. The lowest BCUT2D eigenvalue weighted by molar-refractivity contribution is 0.636. The molecule has 0 amide bonds. The quantitative estimate of drug-likeness (QED) is 0.888. The van der Waals surface area contributed by atoms with E-state index in [0.717, 1.165) is 17.8 Å². The summed E-state index contributed by atoms with van der Waals surface area (Å²) in [5, 5.41) is 7.80. The van der Waals surface area contributed by atoms with Crippen LogP contribution in [0.3, 0.4) is 0 Å². The molecular weight excluding hydrogens is 234 g/mol. The fourth-order valence-corrected chi connectivity index (χ4v) is 1.99. The zero-order valence-corrected chi connectivity index (χ0v) is 11.8. The second kappa shape index (κ2) is 6.34. The summed E-state index contributed by atoms with van der Waals surface area (Å²) in [5.74, 6) is 0. The first kappa shape index (κ1) is 13.6. The van der Waals surface area contributed by atoms with Gasteiger partial charge in [-0.25, -0.2) is 4.68 Å². The van der Waals surface area contributed by atoms with E-state index in [-0.39, 0.29) is 0 Å². The summed E-state index contributed by atoms with van der Waals surface area (Å²) < 4.78 is 1.90. The van der Waals surface area contributed by atoms with Crippen molar-refractivity contribution in [1.29, 1.82) is 0 Å². The molecule has 100 valence electrons. The maximum atomic E-state index is 4.40. The highest BCUT2D eigenvalue weighted by atomic mass is 15.3. The Labute approximate surface area is 115 Å². The molecule has 19 heavy (non-hydrogen) atoms. The highest BCUT2D eigenvalue weighted by molar-refractivity contribution is 5.52. The van der Waals surface area contributed by atoms with Crippen molar-refractivity contribution < 1.29 is 0 Å². The second-order valence-corrected chi connectivity index (χ2v) is 4.72. The van der Waals surface area contributed by atoms with E-state index in [0.29, 0.717) is 6.04 Å². The number of hydrogen-bond donors (Lipinski definition) is 1. The maximum absolute atomic E-state index is 4.40. The summed E-state index contributed by atoms with van der Waals surface area (Å²) in [6, 6.07) is 10.5. The average Bonchev–Trinajstić information content (AvgIpc) is 2.88. The van der Waals surface area contributed by atoms with Crippen LogP contribution in [0, 0.1) is 0 Å². The SMILES string of the molecule is CCNC(C)/C(C)=C/c1cnn(-c2ccccc2)c1. The lowest BCUT2D eigenvalue weighted by Gasteiger charge is -2.12. The molecule has 2 rings (SSSR count). The summed E-state index contributed by atoms with van der Waals surface area (Å²) in [6.07, 6.45) is 6.13. The van der Waals surface area contributed by atoms with Gasteiger partial charge in [0.15, 0.2) is 0 Å². The summed E-state index contributed by atoms with van der Waals surface area (Å²) >= 11 is 0. The van der Waals surface area contributed by atoms with E-state index in [4.69, 9.17) is 0 Å². The Morgan fingerprint density at radius 2 is 2.11 bits per heavy atom. The van der Waals surface area contributed by atoms with Gasteiger partial charge in [0.05, 0.1) is 11.9 Å². The fraction of sp³-hybridized carbons (Fsp3) is 0.312. The van der Waals surface area contributed by atoms with Crippen LogP contribution >= 0.6 is 0 Å². The molecule has 2 aromatic rings. The average molecular weight is 255 g/mol. The van der Waals surface area contributed by atoms with Gasteiger partial charge in [-0.3, -0.25) is 0 Å². The van der Waals surface area contributed by atoms with Crippen LogP contribution in [0.1, 0.15) is 26.3 Å². The van der Waals surface area contributed by atoms with Gasteiger partial charge in [-0.05, 0) is 32.5 Å². The predicted octanol–water partition coefficient (Wildman–Crippen LogP) is 3.27. The Kier molecular flexibility index (Phi) is 4.53. The normalized spacial score (nSPS) is 13.5. The molecule has 0 aliphatic rings. The van der Waals surface area contributed by atoms with Crippen molar-refractivity contribution in [2.75, 3.05) is 6.54 Å². The highest BCUT2D eigenvalue weighted by Gasteiger charge is 2.03. The molecule has 0 bridgehead atoms. The van der Waals surface area contributed by atoms with Gasteiger partial charge in [-0.15, -0.1) is 0 Å². The third-order valence-electron chi connectivity index (χ3n) is 3.21. The maximum Gasteiger partial charge on any atom is 0.0645 e. The Morgan fingerprint density at radius 3 is 2.79 bits per heavy atom. The van der Waals surface area contributed by atoms with Crippen molar-refractivity contribution in [3.8, 4) is 5.69 Å². The third-order valence-corrected chi connectivity index (χ3v) is 3.21. The van der Waals surface area contributed by atoms with Gasteiger partial charge in [0, 0.05) is 17.8 Å². The summed E-state index contributed by atoms with van der Waals surface area (Å²) in [6.45, 7) is 7.43. The Bertz CT molecular complexity index is 540. The molecule has 0 fully saturated rings. The minimum absolute atomic E-state index is 0.394. The van der Waals surface area contributed by atoms with Crippen LogP contribution < -0.4 is 5.32 Å². The largest absolute Gasteiger partial charge is 0.311 e. The first-order valence-corrected chi connectivity index (χ1v) is 6.72. The van der Waals surface area contributed by atoms with E-state index < -0.39 is 0 Å². The molecule has 0 spiro atoms. The Balaban J connectivity index is 2.16. The zero-order chi connectivity index (χ0) is 13.7. The molecule has 1 atom stereocenters. The van der Waals surface area contributed by atoms with Crippen LogP contribution in [-0.2, 0) is 0 Å². The summed E-state index contributed by atoms with van der Waals surface area (Å²) in [7, 11) is 0. The van der Waals surface area contributed by atoms with E-state index >= 15 is 0 Å². The highest BCUT2D eigenvalue weighted by Crippen LogP contribution is 2.12. The van der Waals surface area contributed by atoms with Crippen molar-refractivity contribution in [3.63, 3.8) is 0 Å². The van der Waals surface area contributed by atoms with Crippen LogP contribution in [0.5, 0.6) is 0 Å². The molecule has 1 aromatic carbocycles. The van der Waals surface area contributed by atoms with Gasteiger partial charge in [0.25, 0.3) is 0 Å². The third kappa shape index (κ3) is 3.55. The number of rotatable bonds is 5. The molecule has 0 saturated carbocycles. The Hall–Kier alpha value is -1.87. The first-order chi connectivity index (χ1) is 9.20. The second-order valence-electron chi connectivity index (χ2n) is 4.72. The van der Waals surface area contributed by atoms with E-state index in [1.54, 1.807) is 0 Å². The smallest absolute Gasteiger partial charge is 0.0645 e. The van der Waals surface area contributed by atoms with E-state index in [1.807, 2.05) is 29.1 Å². The van der Waals surface area contributed by atoms with Gasteiger partial charge in [0.2, 0.25) is 0 Å². The van der Waals surface area contributed by atoms with Crippen molar-refractivity contribution in [3.05, 3.63) is 53.9 Å². The van der Waals surface area contributed by atoms with E-state index in [9.17, 15) is 0 Å². The van der Waals surface area contributed by atoms with E-state index in [1.165, 1.54) is 5.57 Å². The fourth-order valence-electron chi connectivity index (χ4n) is 1.99. The number of aromatic nitrogens is 2. The van der Waals surface area contributed by atoms with E-state index in [2.05, 4.69) is 55.6 Å². The van der Waals surface area contributed by atoms with Crippen LogP contribution in [-0.4, -0.2) is 22.4 Å². The van der Waals surface area contributed by atoms with Gasteiger partial charge in [-0.1, -0.05) is 36.8 Å². The standard InChI is InChI=1S/C16H21N3/c1-4-17-14(3)13(2)10-15-11-18-19(12-15)16-8-6-5-7-9-16/h5-12,14,17H,4H2,1-3H3/b13-10+. The number of nitrogens with one attached hydrogen (secondary N) is 1. The number of likely N-dealkylation sites (N-methyl/N-ethyl adjacent to an activating group) is 1. The van der Waals surface area contributed by atoms with Crippen LogP contribution in [0.15, 0.2) is 48.3 Å². The molecule has 0 aliphatic heterocycles. The van der Waals surface area contributed by atoms with Gasteiger partial charge in [0.1, 0.15) is 0 Å². The number of hydrogen-bond acceptors (Lipinski definition) is 2. The topological polar surface area (TPSA) is 29.9 Å². The van der Waals surface area contributed by atoms with Crippen molar-refractivity contribution >= 4 is 6.08 Å². The molecule has 3 heteroatoms. The predicted molar refractivity (Wildman–Crippen MR) is 80.4 cm³/mol. The minimum Gasteiger partial charge on any atom is -0.311 e. The molecule has 3 nitrogen and oxygen atoms in total. The van der Waals surface area contributed by atoms with Gasteiger partial charge in [-0.2, -0.15) is 5.10 Å². The summed E-state index contributed by atoms with van der Waals surface area (Å²) in [5.41, 5.74) is 3.53. The number of nitrogens with zero attached hydrogens (tertiary/aromatic N) is 2. The monoisotopic (exact) mass is 255 g/mol. The molecule has 1 heterocycles. The van der Waals surface area contributed by atoms with Crippen LogP contribution in [0.25, 0.3) is 11.8 Å². The van der Waals surface area contributed by atoms with Gasteiger partial charge >= 0.3 is 0 Å². The van der Waals surface area contributed by atoms with Crippen molar-refractivity contribution in [2.24, 2.45) is 0 Å². The van der Waals surface area contributed by atoms with Crippen molar-refractivity contribution in [2.45, 2.75) is 26.8 Å². The molecule has 0 radical (unpaired) electrons. The lowest BCUT2D eigenvalue weighted by atomic mass is 10.1. The van der Waals surface area contributed by atoms with Crippen LogP contribution in [0.2, 0.25) is 0 Å². The van der Waals surface area contributed by atoms with Crippen molar-refractivity contribution in [1.82, 2.24) is 15.1 Å². The first-order valence-electron chi connectivity index (χ1n) is 6.72. The molecular formula is C16H21N3. The zero-order valence-electron chi connectivity index (χ0n) is 11.8. The molecule has 1 N–H and O–H groups in total. The number of benzene rings is 1.